The van der Waals surface area contributed by atoms with Crippen LogP contribution in [0.4, 0.5) is 0 Å². The summed E-state index contributed by atoms with van der Waals surface area (Å²) in [6.07, 6.45) is 0.266. The minimum atomic E-state index is -0.00193. The number of halogens is 3. The third-order valence-electron chi connectivity index (χ3n) is 2.83. The van der Waals surface area contributed by atoms with Crippen LogP contribution in [-0.2, 0) is 6.42 Å². The fourth-order valence-electron chi connectivity index (χ4n) is 1.78. The van der Waals surface area contributed by atoms with Crippen molar-refractivity contribution >= 4 is 44.9 Å². The first-order chi connectivity index (χ1) is 9.51. The lowest BCUT2D eigenvalue weighted by atomic mass is 10.0. The molecule has 0 aliphatic carbocycles. The minimum absolute atomic E-state index is 0.00193. The molecule has 2 aromatic rings. The predicted octanol–water partition coefficient (Wildman–Crippen LogP) is 5.19. The number of carbonyl (C=O) groups is 1. The number of rotatable bonds is 4. The summed E-state index contributed by atoms with van der Waals surface area (Å²) in [7, 11) is 1.58. The summed E-state index contributed by atoms with van der Waals surface area (Å²) < 4.78 is 5.81. The molecular weight excluding hydrogens is 363 g/mol. The van der Waals surface area contributed by atoms with Crippen LogP contribution >= 0.6 is 39.1 Å². The van der Waals surface area contributed by atoms with E-state index in [9.17, 15) is 4.79 Å². The summed E-state index contributed by atoms with van der Waals surface area (Å²) in [6.45, 7) is 0. The zero-order valence-corrected chi connectivity index (χ0v) is 13.7. The van der Waals surface area contributed by atoms with Crippen molar-refractivity contribution in [1.29, 1.82) is 0 Å². The highest BCUT2D eigenvalue weighted by Crippen LogP contribution is 2.26. The second kappa shape index (κ2) is 6.61. The lowest BCUT2D eigenvalue weighted by Crippen LogP contribution is -2.04. The van der Waals surface area contributed by atoms with Crippen LogP contribution < -0.4 is 4.74 Å². The summed E-state index contributed by atoms with van der Waals surface area (Å²) in [5.74, 6) is 0.695. The molecular formula is C15H11BrCl2O2. The maximum atomic E-state index is 12.3. The van der Waals surface area contributed by atoms with Crippen molar-refractivity contribution in [1.82, 2.24) is 0 Å². The van der Waals surface area contributed by atoms with Gasteiger partial charge in [0.25, 0.3) is 0 Å². The summed E-state index contributed by atoms with van der Waals surface area (Å²) in [6, 6.07) is 10.5. The number of ether oxygens (including phenoxy) is 1. The van der Waals surface area contributed by atoms with E-state index in [1.165, 1.54) is 0 Å². The third kappa shape index (κ3) is 3.54. The fourth-order valence-corrected chi connectivity index (χ4v) is 2.68. The molecule has 0 spiro atoms. The normalized spacial score (nSPS) is 10.4. The Bertz CT molecular complexity index is 656. The zero-order chi connectivity index (χ0) is 14.7. The monoisotopic (exact) mass is 372 g/mol. The number of methoxy groups -OCH3 is 1. The van der Waals surface area contributed by atoms with Crippen LogP contribution in [-0.4, -0.2) is 12.9 Å². The van der Waals surface area contributed by atoms with Gasteiger partial charge in [0.1, 0.15) is 5.75 Å². The maximum Gasteiger partial charge on any atom is 0.168 e. The molecule has 104 valence electrons. The highest BCUT2D eigenvalue weighted by atomic mass is 79.9. The highest BCUT2D eigenvalue weighted by molar-refractivity contribution is 9.10. The molecule has 2 nitrogen and oxygen atoms in total. The van der Waals surface area contributed by atoms with E-state index in [0.717, 1.165) is 5.56 Å². The molecule has 2 rings (SSSR count). The summed E-state index contributed by atoms with van der Waals surface area (Å²) in [4.78, 5) is 12.3. The molecule has 0 aliphatic rings. The summed E-state index contributed by atoms with van der Waals surface area (Å²) in [5.41, 5.74) is 1.43. The largest absolute Gasteiger partial charge is 0.497 e. The quantitative estimate of drug-likeness (QED) is 0.689. The van der Waals surface area contributed by atoms with Gasteiger partial charge in [-0.1, -0.05) is 29.3 Å². The molecule has 0 fully saturated rings. The van der Waals surface area contributed by atoms with Crippen LogP contribution in [0.2, 0.25) is 10.0 Å². The molecule has 0 bridgehead atoms. The lowest BCUT2D eigenvalue weighted by Gasteiger charge is -2.07. The standard InChI is InChI=1S/C15H11BrCl2O2/c1-20-10-3-4-11(12(16)8-10)15(19)7-9-2-5-13(17)14(18)6-9/h2-6,8H,7H2,1H3. The lowest BCUT2D eigenvalue weighted by molar-refractivity contribution is 0.0992. The Balaban J connectivity index is 2.21. The summed E-state index contributed by atoms with van der Waals surface area (Å²) >= 11 is 15.2. The molecule has 0 unspecified atom stereocenters. The number of hydrogen-bond donors (Lipinski definition) is 0. The fraction of sp³-hybridized carbons (Fsp3) is 0.133. The van der Waals surface area contributed by atoms with Gasteiger partial charge in [-0.3, -0.25) is 4.79 Å². The smallest absolute Gasteiger partial charge is 0.168 e. The van der Waals surface area contributed by atoms with Gasteiger partial charge in [-0.05, 0) is 51.8 Å². The highest BCUT2D eigenvalue weighted by Gasteiger charge is 2.12. The molecule has 0 atom stereocenters. The SMILES string of the molecule is COc1ccc(C(=O)Cc2ccc(Cl)c(Cl)c2)c(Br)c1. The van der Waals surface area contributed by atoms with Crippen molar-refractivity contribution in [3.05, 3.63) is 62.0 Å². The van der Waals surface area contributed by atoms with Crippen LogP contribution in [0.15, 0.2) is 40.9 Å². The van der Waals surface area contributed by atoms with Crippen molar-refractivity contribution in [2.75, 3.05) is 7.11 Å². The molecule has 0 saturated carbocycles. The summed E-state index contributed by atoms with van der Waals surface area (Å²) in [5, 5.41) is 0.930. The molecule has 0 N–H and O–H groups in total. The number of carbonyl (C=O) groups excluding carboxylic acids is 1. The van der Waals surface area contributed by atoms with Gasteiger partial charge in [-0.25, -0.2) is 0 Å². The van der Waals surface area contributed by atoms with E-state index in [4.69, 9.17) is 27.9 Å². The minimum Gasteiger partial charge on any atom is -0.497 e. The van der Waals surface area contributed by atoms with Gasteiger partial charge in [0.2, 0.25) is 0 Å². The Labute approximate surface area is 135 Å². The molecule has 2 aromatic carbocycles. The Morgan fingerprint density at radius 3 is 2.50 bits per heavy atom. The van der Waals surface area contributed by atoms with Crippen LogP contribution in [0.25, 0.3) is 0 Å². The molecule has 0 aromatic heterocycles. The van der Waals surface area contributed by atoms with Crippen molar-refractivity contribution < 1.29 is 9.53 Å². The average molecular weight is 374 g/mol. The van der Waals surface area contributed by atoms with Crippen molar-refractivity contribution in [3.63, 3.8) is 0 Å². The van der Waals surface area contributed by atoms with E-state index in [1.807, 2.05) is 0 Å². The molecule has 0 radical (unpaired) electrons. The van der Waals surface area contributed by atoms with E-state index in [2.05, 4.69) is 15.9 Å². The average Bonchev–Trinajstić information content (AvgIpc) is 2.42. The number of benzene rings is 2. The van der Waals surface area contributed by atoms with Gasteiger partial charge >= 0.3 is 0 Å². The van der Waals surface area contributed by atoms with E-state index < -0.39 is 0 Å². The van der Waals surface area contributed by atoms with Gasteiger partial charge in [0.15, 0.2) is 5.78 Å². The number of ketones is 1. The van der Waals surface area contributed by atoms with Gasteiger partial charge < -0.3 is 4.74 Å². The van der Waals surface area contributed by atoms with E-state index in [1.54, 1.807) is 43.5 Å². The van der Waals surface area contributed by atoms with Gasteiger partial charge in [-0.15, -0.1) is 0 Å². The Hall–Kier alpha value is -1.03. The Morgan fingerprint density at radius 2 is 1.90 bits per heavy atom. The van der Waals surface area contributed by atoms with E-state index in [-0.39, 0.29) is 12.2 Å². The Morgan fingerprint density at radius 1 is 1.15 bits per heavy atom. The predicted molar refractivity (Wildman–Crippen MR) is 85.2 cm³/mol. The molecule has 20 heavy (non-hydrogen) atoms. The molecule has 0 saturated heterocycles. The van der Waals surface area contributed by atoms with Crippen molar-refractivity contribution in [3.8, 4) is 5.75 Å². The second-order valence-corrected chi connectivity index (χ2v) is 5.86. The van der Waals surface area contributed by atoms with Crippen LogP contribution in [0.1, 0.15) is 15.9 Å². The first kappa shape index (κ1) is 15.4. The van der Waals surface area contributed by atoms with Crippen LogP contribution in [0.5, 0.6) is 5.75 Å². The second-order valence-electron chi connectivity index (χ2n) is 4.19. The van der Waals surface area contributed by atoms with Gasteiger partial charge in [0, 0.05) is 16.5 Å². The first-order valence-corrected chi connectivity index (χ1v) is 7.37. The van der Waals surface area contributed by atoms with Gasteiger partial charge in [-0.2, -0.15) is 0 Å². The Kier molecular flexibility index (Phi) is 5.08. The number of Topliss-reactive ketones (excluding diaryl/α,β-unsaturated/α-hetero) is 1. The molecule has 0 amide bonds. The van der Waals surface area contributed by atoms with Crippen molar-refractivity contribution in [2.45, 2.75) is 6.42 Å². The zero-order valence-electron chi connectivity index (χ0n) is 10.6. The molecule has 5 heteroatoms. The third-order valence-corrected chi connectivity index (χ3v) is 4.22. The molecule has 0 heterocycles. The first-order valence-electron chi connectivity index (χ1n) is 5.82. The van der Waals surface area contributed by atoms with Crippen LogP contribution in [0.3, 0.4) is 0 Å². The van der Waals surface area contributed by atoms with Crippen molar-refractivity contribution in [2.24, 2.45) is 0 Å². The van der Waals surface area contributed by atoms with Gasteiger partial charge in [0.05, 0.1) is 17.2 Å². The van der Waals surface area contributed by atoms with Crippen LogP contribution in [0, 0.1) is 0 Å². The number of hydrogen-bond acceptors (Lipinski definition) is 2. The topological polar surface area (TPSA) is 26.3 Å². The van der Waals surface area contributed by atoms with E-state index in [0.29, 0.717) is 25.8 Å². The maximum absolute atomic E-state index is 12.3. The molecule has 0 aliphatic heterocycles. The van der Waals surface area contributed by atoms with E-state index >= 15 is 0 Å².